The predicted octanol–water partition coefficient (Wildman–Crippen LogP) is 18.7. The van der Waals surface area contributed by atoms with E-state index in [1.807, 2.05) is 0 Å². The lowest BCUT2D eigenvalue weighted by molar-refractivity contribution is -0.161. The molecule has 0 aliphatic heterocycles. The molecule has 19 heteroatoms. The molecule has 0 heterocycles. The molecule has 0 aliphatic rings. The first-order valence-corrected chi connectivity index (χ1v) is 37.9. The fourth-order valence-electron chi connectivity index (χ4n) is 9.98. The van der Waals surface area contributed by atoms with E-state index in [0.717, 1.165) is 108 Å². The minimum absolute atomic E-state index is 0.102. The summed E-state index contributed by atoms with van der Waals surface area (Å²) in [6, 6.07) is 0. The van der Waals surface area contributed by atoms with Crippen LogP contribution >= 0.6 is 15.6 Å². The molecule has 0 fully saturated rings. The second-order valence-electron chi connectivity index (χ2n) is 25.4. The van der Waals surface area contributed by atoms with E-state index in [2.05, 4.69) is 48.5 Å². The predicted molar refractivity (Wildman–Crippen MR) is 344 cm³/mol. The maximum Gasteiger partial charge on any atom is 0.472 e. The third-order valence-corrected chi connectivity index (χ3v) is 17.6. The Morgan fingerprint density at radius 1 is 0.337 bits per heavy atom. The van der Waals surface area contributed by atoms with Crippen LogP contribution in [0.5, 0.6) is 0 Å². The van der Waals surface area contributed by atoms with E-state index in [0.29, 0.717) is 31.6 Å². The summed E-state index contributed by atoms with van der Waals surface area (Å²) < 4.78 is 68.1. The molecule has 3 unspecified atom stereocenters. The summed E-state index contributed by atoms with van der Waals surface area (Å²) in [5.74, 6) is 0.0240. The number of aliphatic hydroxyl groups excluding tert-OH is 1. The molecule has 510 valence electrons. The highest BCUT2D eigenvalue weighted by molar-refractivity contribution is 7.47. The maximum absolute atomic E-state index is 13.0. The molecule has 17 nitrogen and oxygen atoms in total. The molecule has 0 rings (SSSR count). The van der Waals surface area contributed by atoms with Crippen LogP contribution in [-0.2, 0) is 65.4 Å². The number of carbonyl (C=O) groups excluding carboxylic acids is 4. The quantitative estimate of drug-likeness (QED) is 0.0222. The normalized spacial score (nSPS) is 14.6. The van der Waals surface area contributed by atoms with E-state index in [-0.39, 0.29) is 25.7 Å². The van der Waals surface area contributed by atoms with Gasteiger partial charge >= 0.3 is 39.5 Å². The molecule has 86 heavy (non-hydrogen) atoms. The van der Waals surface area contributed by atoms with Crippen LogP contribution in [0, 0.1) is 17.8 Å². The minimum atomic E-state index is -4.95. The topological polar surface area (TPSA) is 237 Å². The Morgan fingerprint density at radius 3 is 0.884 bits per heavy atom. The van der Waals surface area contributed by atoms with Gasteiger partial charge in [-0.2, -0.15) is 0 Å². The summed E-state index contributed by atoms with van der Waals surface area (Å²) in [5, 5.41) is 10.6. The molecule has 0 aromatic rings. The number of phosphoric ester groups is 2. The number of esters is 4. The van der Waals surface area contributed by atoms with Gasteiger partial charge in [0.25, 0.3) is 0 Å². The van der Waals surface area contributed by atoms with Gasteiger partial charge in [0.2, 0.25) is 0 Å². The molecule has 6 atom stereocenters. The van der Waals surface area contributed by atoms with Crippen LogP contribution in [0.2, 0.25) is 0 Å². The van der Waals surface area contributed by atoms with Crippen LogP contribution in [0.25, 0.3) is 0 Å². The Hall–Kier alpha value is -1.94. The summed E-state index contributed by atoms with van der Waals surface area (Å²) in [4.78, 5) is 72.3. The molecular formula is C67H130O17P2. The molecule has 0 aromatic heterocycles. The van der Waals surface area contributed by atoms with Crippen molar-refractivity contribution in [3.05, 3.63) is 0 Å². The van der Waals surface area contributed by atoms with Crippen LogP contribution in [0.15, 0.2) is 0 Å². The van der Waals surface area contributed by atoms with Gasteiger partial charge in [0.15, 0.2) is 12.2 Å². The van der Waals surface area contributed by atoms with Gasteiger partial charge in [-0.05, 0) is 43.4 Å². The van der Waals surface area contributed by atoms with Crippen LogP contribution in [0.1, 0.15) is 331 Å². The molecule has 0 saturated carbocycles. The van der Waals surface area contributed by atoms with Crippen molar-refractivity contribution in [1.82, 2.24) is 0 Å². The van der Waals surface area contributed by atoms with Gasteiger partial charge in [0.05, 0.1) is 26.4 Å². The van der Waals surface area contributed by atoms with Gasteiger partial charge in [-0.25, -0.2) is 9.13 Å². The average molecular weight is 1270 g/mol. The summed E-state index contributed by atoms with van der Waals surface area (Å²) in [6.07, 6.45) is 40.5. The Morgan fingerprint density at radius 2 is 0.593 bits per heavy atom. The first-order valence-electron chi connectivity index (χ1n) is 34.9. The highest BCUT2D eigenvalue weighted by Gasteiger charge is 2.30. The molecular weight excluding hydrogens is 1140 g/mol. The van der Waals surface area contributed by atoms with Crippen molar-refractivity contribution in [2.75, 3.05) is 39.6 Å². The number of ether oxygens (including phenoxy) is 4. The molecule has 0 amide bonds. The third kappa shape index (κ3) is 59.7. The van der Waals surface area contributed by atoms with Gasteiger partial charge in [-0.1, -0.05) is 280 Å². The highest BCUT2D eigenvalue weighted by Crippen LogP contribution is 2.45. The monoisotopic (exact) mass is 1270 g/mol. The Balaban J connectivity index is 5.25. The van der Waals surface area contributed by atoms with Crippen LogP contribution in [0.3, 0.4) is 0 Å². The highest BCUT2D eigenvalue weighted by atomic mass is 31.2. The number of phosphoric acid groups is 2. The van der Waals surface area contributed by atoms with E-state index in [4.69, 9.17) is 37.0 Å². The summed E-state index contributed by atoms with van der Waals surface area (Å²) in [7, 11) is -9.89. The zero-order valence-corrected chi connectivity index (χ0v) is 57.6. The SMILES string of the molecule is CCCCCCCCCCCCCCCCC(=O)O[C@H](COC(=O)CCCCCCCCCCCCC(C)C)COP(=O)(O)OC[C@@H](O)COP(=O)(O)OC[C@@H](COC(=O)CCCCCCCCC(C)C)OC(=O)CCCCCCCCC(C)CC. The summed E-state index contributed by atoms with van der Waals surface area (Å²) >= 11 is 0. The number of unbranched alkanes of at least 4 members (excludes halogenated alkanes) is 32. The number of aliphatic hydroxyl groups is 1. The second-order valence-corrected chi connectivity index (χ2v) is 28.3. The van der Waals surface area contributed by atoms with Gasteiger partial charge in [-0.3, -0.25) is 37.3 Å². The fourth-order valence-corrected chi connectivity index (χ4v) is 11.6. The van der Waals surface area contributed by atoms with Crippen molar-refractivity contribution in [3.8, 4) is 0 Å². The smallest absolute Gasteiger partial charge is 0.462 e. The lowest BCUT2D eigenvalue weighted by atomic mass is 10.00. The van der Waals surface area contributed by atoms with E-state index in [1.54, 1.807) is 0 Å². The van der Waals surface area contributed by atoms with E-state index >= 15 is 0 Å². The zero-order chi connectivity index (χ0) is 63.8. The van der Waals surface area contributed by atoms with Crippen LogP contribution < -0.4 is 0 Å². The number of hydrogen-bond acceptors (Lipinski definition) is 15. The molecule has 0 spiro atoms. The van der Waals surface area contributed by atoms with Gasteiger partial charge in [-0.15, -0.1) is 0 Å². The van der Waals surface area contributed by atoms with E-state index in [1.165, 1.54) is 135 Å². The summed E-state index contributed by atoms with van der Waals surface area (Å²) in [5.41, 5.74) is 0. The van der Waals surface area contributed by atoms with Crippen LogP contribution in [-0.4, -0.2) is 96.7 Å². The van der Waals surface area contributed by atoms with Crippen molar-refractivity contribution in [3.63, 3.8) is 0 Å². The van der Waals surface area contributed by atoms with Crippen molar-refractivity contribution >= 4 is 39.5 Å². The molecule has 0 radical (unpaired) electrons. The van der Waals surface area contributed by atoms with Crippen molar-refractivity contribution in [1.29, 1.82) is 0 Å². The first-order chi connectivity index (χ1) is 41.3. The van der Waals surface area contributed by atoms with Gasteiger partial charge in [0.1, 0.15) is 19.3 Å². The van der Waals surface area contributed by atoms with E-state index < -0.39 is 97.5 Å². The average Bonchev–Trinajstić information content (AvgIpc) is 3.65. The van der Waals surface area contributed by atoms with Gasteiger partial charge in [0, 0.05) is 25.7 Å². The third-order valence-electron chi connectivity index (χ3n) is 15.7. The summed E-state index contributed by atoms with van der Waals surface area (Å²) in [6.45, 7) is 11.7. The van der Waals surface area contributed by atoms with Gasteiger partial charge < -0.3 is 33.8 Å². The van der Waals surface area contributed by atoms with E-state index in [9.17, 15) is 43.2 Å². The Labute approximate surface area is 524 Å². The minimum Gasteiger partial charge on any atom is -0.462 e. The molecule has 0 aromatic carbocycles. The molecule has 0 aliphatic carbocycles. The zero-order valence-electron chi connectivity index (χ0n) is 55.8. The largest absolute Gasteiger partial charge is 0.472 e. The molecule has 0 bridgehead atoms. The second kappa shape index (κ2) is 58.2. The van der Waals surface area contributed by atoms with Crippen molar-refractivity contribution in [2.45, 2.75) is 349 Å². The fraction of sp³-hybridized carbons (Fsp3) is 0.940. The Kier molecular flexibility index (Phi) is 56.9. The van der Waals surface area contributed by atoms with Crippen LogP contribution in [0.4, 0.5) is 0 Å². The molecule has 3 N–H and O–H groups in total. The molecule has 0 saturated heterocycles. The standard InChI is InChI=1S/C67H130O17P2/c1-8-10-11-12-13-14-15-16-17-18-23-26-36-43-50-66(71)83-62(54-77-64(69)48-41-34-25-22-20-19-21-24-31-38-45-58(3)4)56-81-85(73,74)79-52-61(68)53-80-86(75,76)82-57-63(55-78-65(70)49-42-35-29-27-32-39-46-59(5)6)84-67(72)51-44-37-30-28-33-40-47-60(7)9-2/h58-63,68H,8-57H2,1-7H3,(H,73,74)(H,75,76)/t60?,61-,62-,63-/m1/s1. The Bertz CT molecular complexity index is 1700. The number of rotatable bonds is 65. The van der Waals surface area contributed by atoms with Crippen molar-refractivity contribution < 1.29 is 80.2 Å². The maximum atomic E-state index is 13.0. The number of hydrogen-bond donors (Lipinski definition) is 3. The number of carbonyl (C=O) groups is 4. The lowest BCUT2D eigenvalue weighted by Gasteiger charge is -2.21. The van der Waals surface area contributed by atoms with Crippen molar-refractivity contribution in [2.24, 2.45) is 17.8 Å². The first kappa shape index (κ1) is 84.1. The lowest BCUT2D eigenvalue weighted by Crippen LogP contribution is -2.30.